The third-order valence-electron chi connectivity index (χ3n) is 2.96. The Morgan fingerprint density at radius 1 is 1.20 bits per heavy atom. The van der Waals surface area contributed by atoms with Crippen molar-refractivity contribution in [3.63, 3.8) is 0 Å². The zero-order chi connectivity index (χ0) is 15.0. The van der Waals surface area contributed by atoms with Gasteiger partial charge in [0.25, 0.3) is 0 Å². The van der Waals surface area contributed by atoms with Gasteiger partial charge in [-0.1, -0.05) is 37.3 Å². The van der Waals surface area contributed by atoms with E-state index in [1.807, 2.05) is 44.2 Å². The van der Waals surface area contributed by atoms with Gasteiger partial charge in [0.1, 0.15) is 0 Å². The van der Waals surface area contributed by atoms with E-state index in [0.717, 1.165) is 12.1 Å². The number of hydrogen-bond acceptors (Lipinski definition) is 3. The van der Waals surface area contributed by atoms with Gasteiger partial charge in [0.15, 0.2) is 0 Å². The molecule has 0 aliphatic heterocycles. The Bertz CT molecular complexity index is 434. The van der Waals surface area contributed by atoms with Gasteiger partial charge in [0.2, 0.25) is 5.91 Å². The molecule has 0 aliphatic carbocycles. The molecule has 1 aromatic rings. The number of carbonyl (C=O) groups excluding carboxylic acids is 1. The van der Waals surface area contributed by atoms with Crippen molar-refractivity contribution in [1.82, 2.24) is 10.6 Å². The number of carbonyl (C=O) groups is 2. The van der Waals surface area contributed by atoms with Crippen LogP contribution in [0.2, 0.25) is 0 Å². The van der Waals surface area contributed by atoms with Crippen LogP contribution in [0.1, 0.15) is 38.3 Å². The van der Waals surface area contributed by atoms with E-state index in [9.17, 15) is 9.59 Å². The van der Waals surface area contributed by atoms with Crippen molar-refractivity contribution in [1.29, 1.82) is 0 Å². The molecule has 0 fully saturated rings. The van der Waals surface area contributed by atoms with Gasteiger partial charge in [0.05, 0.1) is 12.5 Å². The second-order valence-corrected chi connectivity index (χ2v) is 4.79. The van der Waals surface area contributed by atoms with Gasteiger partial charge in [-0.2, -0.15) is 0 Å². The first-order valence-electron chi connectivity index (χ1n) is 6.82. The zero-order valence-electron chi connectivity index (χ0n) is 11.9. The molecule has 0 saturated carbocycles. The molecule has 0 saturated heterocycles. The lowest BCUT2D eigenvalue weighted by molar-refractivity contribution is -0.137. The molecule has 20 heavy (non-hydrogen) atoms. The minimum Gasteiger partial charge on any atom is -0.481 e. The van der Waals surface area contributed by atoms with Crippen molar-refractivity contribution in [3.05, 3.63) is 35.9 Å². The fourth-order valence-corrected chi connectivity index (χ4v) is 2.06. The van der Waals surface area contributed by atoms with Crippen molar-refractivity contribution in [2.75, 3.05) is 6.54 Å². The molecule has 1 amide bonds. The Labute approximate surface area is 119 Å². The predicted molar refractivity (Wildman–Crippen MR) is 77.3 cm³/mol. The lowest BCUT2D eigenvalue weighted by Crippen LogP contribution is -2.36. The third-order valence-corrected chi connectivity index (χ3v) is 2.96. The predicted octanol–water partition coefficient (Wildman–Crippen LogP) is 1.71. The maximum absolute atomic E-state index is 11.9. The van der Waals surface area contributed by atoms with Crippen molar-refractivity contribution in [3.8, 4) is 0 Å². The van der Waals surface area contributed by atoms with Gasteiger partial charge in [-0.3, -0.25) is 9.59 Å². The fraction of sp³-hybridized carbons (Fsp3) is 0.467. The first kappa shape index (κ1) is 16.2. The molecule has 2 atom stereocenters. The standard InChI is InChI=1S/C15H22N2O3/c1-3-16-11(2)9-14(18)17-13(10-15(19)20)12-7-5-4-6-8-12/h4-8,11,13,16H,3,9-10H2,1-2H3,(H,17,18)(H,19,20). The lowest BCUT2D eigenvalue weighted by Gasteiger charge is -2.19. The van der Waals surface area contributed by atoms with Crippen molar-refractivity contribution >= 4 is 11.9 Å². The van der Waals surface area contributed by atoms with Crippen LogP contribution in [-0.4, -0.2) is 29.6 Å². The average Bonchev–Trinajstić information content (AvgIpc) is 2.38. The molecule has 0 bridgehead atoms. The summed E-state index contributed by atoms with van der Waals surface area (Å²) in [6, 6.07) is 8.74. The van der Waals surface area contributed by atoms with Gasteiger partial charge < -0.3 is 15.7 Å². The van der Waals surface area contributed by atoms with Crippen molar-refractivity contribution < 1.29 is 14.7 Å². The van der Waals surface area contributed by atoms with Crippen molar-refractivity contribution in [2.45, 2.75) is 38.8 Å². The monoisotopic (exact) mass is 278 g/mol. The minimum atomic E-state index is -0.932. The normalized spacial score (nSPS) is 13.5. The highest BCUT2D eigenvalue weighted by Gasteiger charge is 2.18. The number of aliphatic carboxylic acids is 1. The molecule has 110 valence electrons. The number of hydrogen-bond donors (Lipinski definition) is 3. The third kappa shape index (κ3) is 5.84. The largest absolute Gasteiger partial charge is 0.481 e. The molecule has 3 N–H and O–H groups in total. The highest BCUT2D eigenvalue weighted by atomic mass is 16.4. The molecule has 5 heteroatoms. The molecule has 0 spiro atoms. The molecular formula is C15H22N2O3. The van der Waals surface area contributed by atoms with E-state index in [1.165, 1.54) is 0 Å². The molecule has 0 aliphatic rings. The Kier molecular flexibility index (Phi) is 6.73. The van der Waals surface area contributed by atoms with Crippen LogP contribution in [0.15, 0.2) is 30.3 Å². The Morgan fingerprint density at radius 2 is 1.85 bits per heavy atom. The van der Waals surface area contributed by atoms with Crippen LogP contribution in [0, 0.1) is 0 Å². The van der Waals surface area contributed by atoms with Gasteiger partial charge >= 0.3 is 5.97 Å². The summed E-state index contributed by atoms with van der Waals surface area (Å²) in [5, 5.41) is 14.9. The maximum Gasteiger partial charge on any atom is 0.305 e. The molecule has 0 radical (unpaired) electrons. The number of amides is 1. The number of nitrogens with one attached hydrogen (secondary N) is 2. The Balaban J connectivity index is 2.66. The first-order chi connectivity index (χ1) is 9.52. The SMILES string of the molecule is CCNC(C)CC(=O)NC(CC(=O)O)c1ccccc1. The second-order valence-electron chi connectivity index (χ2n) is 4.79. The zero-order valence-corrected chi connectivity index (χ0v) is 11.9. The Hall–Kier alpha value is -1.88. The summed E-state index contributed by atoms with van der Waals surface area (Å²) >= 11 is 0. The summed E-state index contributed by atoms with van der Waals surface area (Å²) in [6.45, 7) is 4.70. The number of carboxylic acids is 1. The maximum atomic E-state index is 11.9. The number of carboxylic acid groups (broad SMARTS) is 1. The van der Waals surface area contributed by atoms with Gasteiger partial charge in [-0.25, -0.2) is 0 Å². The first-order valence-corrected chi connectivity index (χ1v) is 6.82. The van der Waals surface area contributed by atoms with E-state index in [4.69, 9.17) is 5.11 Å². The van der Waals surface area contributed by atoms with E-state index in [1.54, 1.807) is 0 Å². The van der Waals surface area contributed by atoms with Crippen LogP contribution in [0.4, 0.5) is 0 Å². The van der Waals surface area contributed by atoms with Crippen LogP contribution >= 0.6 is 0 Å². The lowest BCUT2D eigenvalue weighted by atomic mass is 10.0. The van der Waals surface area contributed by atoms with Crippen LogP contribution in [-0.2, 0) is 9.59 Å². The molecule has 0 heterocycles. The van der Waals surface area contributed by atoms with Gasteiger partial charge in [-0.05, 0) is 19.0 Å². The molecule has 1 rings (SSSR count). The molecule has 1 aromatic carbocycles. The molecule has 0 aromatic heterocycles. The average molecular weight is 278 g/mol. The fourth-order valence-electron chi connectivity index (χ4n) is 2.06. The summed E-state index contributed by atoms with van der Waals surface area (Å²) < 4.78 is 0. The summed E-state index contributed by atoms with van der Waals surface area (Å²) in [7, 11) is 0. The van der Waals surface area contributed by atoms with Crippen LogP contribution < -0.4 is 10.6 Å². The number of benzene rings is 1. The summed E-state index contributed by atoms with van der Waals surface area (Å²) in [5.41, 5.74) is 0.805. The molecular weight excluding hydrogens is 256 g/mol. The minimum absolute atomic E-state index is 0.0706. The Morgan fingerprint density at radius 3 is 2.40 bits per heavy atom. The van der Waals surface area contributed by atoms with Crippen LogP contribution in [0.5, 0.6) is 0 Å². The van der Waals surface area contributed by atoms with E-state index < -0.39 is 12.0 Å². The molecule has 2 unspecified atom stereocenters. The van der Waals surface area contributed by atoms with Gasteiger partial charge in [0, 0.05) is 12.5 Å². The summed E-state index contributed by atoms with van der Waals surface area (Å²) in [4.78, 5) is 22.9. The van der Waals surface area contributed by atoms with Crippen LogP contribution in [0.3, 0.4) is 0 Å². The van der Waals surface area contributed by atoms with Crippen molar-refractivity contribution in [2.24, 2.45) is 0 Å². The van der Waals surface area contributed by atoms with Gasteiger partial charge in [-0.15, -0.1) is 0 Å². The quantitative estimate of drug-likeness (QED) is 0.676. The summed E-state index contributed by atoms with van der Waals surface area (Å²) in [6.07, 6.45) is 0.210. The summed E-state index contributed by atoms with van der Waals surface area (Å²) in [5.74, 6) is -1.08. The smallest absolute Gasteiger partial charge is 0.305 e. The van der Waals surface area contributed by atoms with E-state index in [0.29, 0.717) is 6.42 Å². The topological polar surface area (TPSA) is 78.4 Å². The van der Waals surface area contributed by atoms with E-state index in [-0.39, 0.29) is 18.4 Å². The number of rotatable bonds is 8. The highest BCUT2D eigenvalue weighted by Crippen LogP contribution is 2.16. The van der Waals surface area contributed by atoms with E-state index >= 15 is 0 Å². The van der Waals surface area contributed by atoms with E-state index in [2.05, 4.69) is 10.6 Å². The van der Waals surface area contributed by atoms with Crippen LogP contribution in [0.25, 0.3) is 0 Å². The molecule has 5 nitrogen and oxygen atoms in total. The second kappa shape index (κ2) is 8.32. The highest BCUT2D eigenvalue weighted by molar-refractivity contribution is 5.78.